The number of rotatable bonds is 5. The second kappa shape index (κ2) is 11.0. The molecule has 3 nitrogen and oxygen atoms in total. The van der Waals surface area contributed by atoms with Crippen molar-refractivity contribution in [2.24, 2.45) is 0 Å². The van der Waals surface area contributed by atoms with Crippen molar-refractivity contribution in [3.63, 3.8) is 0 Å². The number of fused-ring (bicyclic) bond motifs is 8. The highest BCUT2D eigenvalue weighted by Gasteiger charge is 2.23. The first-order chi connectivity index (χ1) is 24.3. The predicted molar refractivity (Wildman–Crippen MR) is 206 cm³/mol. The van der Waals surface area contributed by atoms with Gasteiger partial charge in [-0.05, 0) is 71.6 Å². The summed E-state index contributed by atoms with van der Waals surface area (Å²) in [6.07, 6.45) is 0. The third-order valence-electron chi connectivity index (χ3n) is 9.76. The van der Waals surface area contributed by atoms with E-state index in [-0.39, 0.29) is 0 Å². The number of nitrogens with zero attached hydrogens (tertiary/aromatic N) is 2. The quantitative estimate of drug-likeness (QED) is 0.190. The zero-order chi connectivity index (χ0) is 32.3. The lowest BCUT2D eigenvalue weighted by atomic mass is 9.99. The summed E-state index contributed by atoms with van der Waals surface area (Å²) < 4.78 is 9.06. The molecule has 0 bridgehead atoms. The SMILES string of the molecule is c1ccc(-c2ccccc2N(c2ccc3c(c2)c2ccccc2n3-c2ccccc2)c2cccc3ccc4c5ccccc5oc4c23)cc1. The molecule has 0 N–H and O–H groups in total. The van der Waals surface area contributed by atoms with Crippen molar-refractivity contribution in [1.82, 2.24) is 4.57 Å². The van der Waals surface area contributed by atoms with Crippen LogP contribution in [0.1, 0.15) is 0 Å². The molecule has 0 atom stereocenters. The Kier molecular flexibility index (Phi) is 6.18. The molecule has 230 valence electrons. The lowest BCUT2D eigenvalue weighted by Gasteiger charge is -2.29. The molecule has 10 aromatic rings. The summed E-state index contributed by atoms with van der Waals surface area (Å²) in [6, 6.07) is 64.9. The number of benzene rings is 8. The molecule has 49 heavy (non-hydrogen) atoms. The Hall–Kier alpha value is -6.58. The first kappa shape index (κ1) is 27.5. The van der Waals surface area contributed by atoms with Crippen LogP contribution in [0.15, 0.2) is 186 Å². The number of furan rings is 1. The average molecular weight is 627 g/mol. The molecule has 0 aliphatic heterocycles. The van der Waals surface area contributed by atoms with E-state index in [1.165, 1.54) is 27.4 Å². The summed E-state index contributed by atoms with van der Waals surface area (Å²) in [4.78, 5) is 2.42. The lowest BCUT2D eigenvalue weighted by molar-refractivity contribution is 0.672. The van der Waals surface area contributed by atoms with Gasteiger partial charge in [0.25, 0.3) is 0 Å². The predicted octanol–water partition coefficient (Wildman–Crippen LogP) is 13.0. The fraction of sp³-hybridized carbons (Fsp3) is 0. The Morgan fingerprint density at radius 1 is 0.449 bits per heavy atom. The number of para-hydroxylation sites is 4. The summed E-state index contributed by atoms with van der Waals surface area (Å²) in [7, 11) is 0. The Labute approximate surface area is 283 Å². The first-order valence-corrected chi connectivity index (χ1v) is 16.7. The molecule has 0 saturated carbocycles. The van der Waals surface area contributed by atoms with E-state index in [4.69, 9.17) is 4.42 Å². The van der Waals surface area contributed by atoms with Crippen LogP contribution in [-0.4, -0.2) is 4.57 Å². The van der Waals surface area contributed by atoms with Crippen molar-refractivity contribution in [1.29, 1.82) is 0 Å². The van der Waals surface area contributed by atoms with Gasteiger partial charge in [0, 0.05) is 43.9 Å². The van der Waals surface area contributed by atoms with Gasteiger partial charge in [0.15, 0.2) is 0 Å². The van der Waals surface area contributed by atoms with Crippen LogP contribution in [0, 0.1) is 0 Å². The molecule has 0 amide bonds. The van der Waals surface area contributed by atoms with Crippen LogP contribution in [0.2, 0.25) is 0 Å². The topological polar surface area (TPSA) is 21.3 Å². The van der Waals surface area contributed by atoms with Gasteiger partial charge >= 0.3 is 0 Å². The Balaban J connectivity index is 1.31. The zero-order valence-corrected chi connectivity index (χ0v) is 26.6. The molecular formula is C46H30N2O. The van der Waals surface area contributed by atoms with E-state index in [0.717, 1.165) is 61.0 Å². The fourth-order valence-electron chi connectivity index (χ4n) is 7.61. The number of hydrogen-bond donors (Lipinski definition) is 0. The van der Waals surface area contributed by atoms with Gasteiger partial charge in [-0.3, -0.25) is 0 Å². The second-order valence-corrected chi connectivity index (χ2v) is 12.5. The molecule has 0 aliphatic rings. The number of anilines is 3. The first-order valence-electron chi connectivity index (χ1n) is 16.7. The van der Waals surface area contributed by atoms with E-state index in [9.17, 15) is 0 Å². The van der Waals surface area contributed by atoms with Crippen molar-refractivity contribution in [2.75, 3.05) is 4.90 Å². The smallest absolute Gasteiger partial charge is 0.145 e. The molecule has 10 rings (SSSR count). The van der Waals surface area contributed by atoms with Gasteiger partial charge < -0.3 is 13.9 Å². The van der Waals surface area contributed by atoms with Crippen molar-refractivity contribution >= 4 is 71.6 Å². The van der Waals surface area contributed by atoms with Gasteiger partial charge in [-0.25, -0.2) is 0 Å². The van der Waals surface area contributed by atoms with Crippen molar-refractivity contribution in [3.05, 3.63) is 182 Å². The third kappa shape index (κ3) is 4.29. The van der Waals surface area contributed by atoms with Crippen LogP contribution in [-0.2, 0) is 0 Å². The highest BCUT2D eigenvalue weighted by Crippen LogP contribution is 2.47. The minimum atomic E-state index is 0.895. The van der Waals surface area contributed by atoms with E-state index >= 15 is 0 Å². The maximum absolute atomic E-state index is 6.69. The molecule has 0 unspecified atom stereocenters. The largest absolute Gasteiger partial charge is 0.455 e. The standard InChI is InChI=1S/C46H30N2O/c1-3-14-31(15-4-1)35-19-7-10-22-40(35)48(43-24-13-16-32-26-28-38-37-21-9-12-25-44(37)49-46(38)45(32)43)34-27-29-42-39(30-34)36-20-8-11-23-41(36)47(42)33-17-5-2-6-18-33/h1-30H. The van der Waals surface area contributed by atoms with Crippen molar-refractivity contribution < 1.29 is 4.42 Å². The van der Waals surface area contributed by atoms with Crippen LogP contribution in [0.5, 0.6) is 0 Å². The summed E-state index contributed by atoms with van der Waals surface area (Å²) in [5.74, 6) is 0. The molecule has 2 aromatic heterocycles. The summed E-state index contributed by atoms with van der Waals surface area (Å²) in [5.41, 5.74) is 10.9. The van der Waals surface area contributed by atoms with E-state index < -0.39 is 0 Å². The van der Waals surface area contributed by atoms with E-state index in [0.29, 0.717) is 0 Å². The van der Waals surface area contributed by atoms with Crippen LogP contribution in [0.4, 0.5) is 17.1 Å². The molecule has 0 spiro atoms. The van der Waals surface area contributed by atoms with Gasteiger partial charge in [-0.1, -0.05) is 121 Å². The van der Waals surface area contributed by atoms with Gasteiger partial charge in [-0.2, -0.15) is 0 Å². The normalized spacial score (nSPS) is 11.7. The van der Waals surface area contributed by atoms with E-state index in [2.05, 4.69) is 185 Å². The maximum Gasteiger partial charge on any atom is 0.145 e. The van der Waals surface area contributed by atoms with Crippen LogP contribution in [0.3, 0.4) is 0 Å². The lowest BCUT2D eigenvalue weighted by Crippen LogP contribution is -2.12. The maximum atomic E-state index is 6.69. The van der Waals surface area contributed by atoms with Gasteiger partial charge in [-0.15, -0.1) is 0 Å². The van der Waals surface area contributed by atoms with E-state index in [1.807, 2.05) is 6.07 Å². The highest BCUT2D eigenvalue weighted by atomic mass is 16.3. The Morgan fingerprint density at radius 2 is 1.14 bits per heavy atom. The summed E-state index contributed by atoms with van der Waals surface area (Å²) in [6.45, 7) is 0. The molecular weight excluding hydrogens is 597 g/mol. The summed E-state index contributed by atoms with van der Waals surface area (Å²) in [5, 5.41) is 6.89. The van der Waals surface area contributed by atoms with Crippen LogP contribution < -0.4 is 4.90 Å². The molecule has 0 aliphatic carbocycles. The minimum Gasteiger partial charge on any atom is -0.455 e. The minimum absolute atomic E-state index is 0.895. The van der Waals surface area contributed by atoms with Crippen molar-refractivity contribution in [2.45, 2.75) is 0 Å². The fourth-order valence-corrected chi connectivity index (χ4v) is 7.61. The third-order valence-corrected chi connectivity index (χ3v) is 9.76. The van der Waals surface area contributed by atoms with Gasteiger partial charge in [0.05, 0.1) is 22.4 Å². The molecule has 8 aromatic carbocycles. The summed E-state index contributed by atoms with van der Waals surface area (Å²) >= 11 is 0. The highest BCUT2D eigenvalue weighted by molar-refractivity contribution is 6.20. The molecule has 0 radical (unpaired) electrons. The van der Waals surface area contributed by atoms with E-state index in [1.54, 1.807) is 0 Å². The zero-order valence-electron chi connectivity index (χ0n) is 26.6. The van der Waals surface area contributed by atoms with Gasteiger partial charge in [0.2, 0.25) is 0 Å². The molecule has 0 fully saturated rings. The molecule has 3 heteroatoms. The Bertz CT molecular complexity index is 2830. The Morgan fingerprint density at radius 3 is 2.02 bits per heavy atom. The molecule has 0 saturated heterocycles. The monoisotopic (exact) mass is 626 g/mol. The van der Waals surface area contributed by atoms with Gasteiger partial charge in [0.1, 0.15) is 11.2 Å². The molecule has 2 heterocycles. The number of aromatic nitrogens is 1. The van der Waals surface area contributed by atoms with Crippen LogP contribution in [0.25, 0.3) is 71.3 Å². The van der Waals surface area contributed by atoms with Crippen LogP contribution >= 0.6 is 0 Å². The van der Waals surface area contributed by atoms with Crippen molar-refractivity contribution in [3.8, 4) is 16.8 Å². The average Bonchev–Trinajstić information content (AvgIpc) is 3.72. The second-order valence-electron chi connectivity index (χ2n) is 12.5. The number of hydrogen-bond acceptors (Lipinski definition) is 2.